The smallest absolute Gasteiger partial charge is 0.341 e. The van der Waals surface area contributed by atoms with E-state index in [1.807, 2.05) is 78.9 Å². The fourth-order valence-electron chi connectivity index (χ4n) is 7.35. The maximum absolute atomic E-state index is 11.3. The van der Waals surface area contributed by atoms with Gasteiger partial charge in [0.25, 0.3) is 0 Å². The van der Waals surface area contributed by atoms with E-state index in [-0.39, 0.29) is 0 Å². The van der Waals surface area contributed by atoms with Gasteiger partial charge < -0.3 is 29.5 Å². The van der Waals surface area contributed by atoms with Crippen LogP contribution in [-0.4, -0.2) is 63.0 Å². The van der Waals surface area contributed by atoms with Gasteiger partial charge in [-0.05, 0) is 107 Å². The molecule has 8 bridgehead atoms. The summed E-state index contributed by atoms with van der Waals surface area (Å²) >= 11 is 3.18. The highest BCUT2D eigenvalue weighted by molar-refractivity contribution is 7.24. The first-order chi connectivity index (χ1) is 30.7. The molecule has 3 N–H and O–H groups in total. The Morgan fingerprint density at radius 1 is 0.381 bits per heavy atom. The molecule has 0 aliphatic carbocycles. The van der Waals surface area contributed by atoms with Crippen molar-refractivity contribution in [1.29, 1.82) is 0 Å². The molecule has 11 nitrogen and oxygen atoms in total. The third-order valence-corrected chi connectivity index (χ3v) is 12.3. The lowest BCUT2D eigenvalue weighted by molar-refractivity contribution is -0.140. The number of rotatable bonds is 13. The van der Waals surface area contributed by atoms with Crippen LogP contribution in [0.1, 0.15) is 22.8 Å². The van der Waals surface area contributed by atoms with E-state index in [0.717, 1.165) is 74.7 Å². The number of thiophene rings is 2. The zero-order valence-corrected chi connectivity index (χ0v) is 34.7. The zero-order chi connectivity index (χ0) is 43.5. The fourth-order valence-corrected chi connectivity index (χ4v) is 9.67. The van der Waals surface area contributed by atoms with E-state index in [2.05, 4.69) is 36.4 Å². The molecule has 2 aliphatic rings. The average molecular weight is 871 g/mol. The molecule has 0 atom stereocenters. The standard InChI is InChI=1S/C50H34N2O9S2/c53-44(54)26-59-33-12-6-30(7-13-33)48-37-19-18-36(51-37)47(29-4-2-1-3-5-29)40-22-23-41(62-40)49(31-8-14-34(15-9-31)60-27-45(55)56)38-20-21-39(52-38)50(43-25-24-42(48)63-43)32-10-16-35(17-11-32)61-28-46(57)58/h1-25H,26-28H2,(H,53,54)(H,55,56)(H,57,58). The molecule has 0 saturated carbocycles. The van der Waals surface area contributed by atoms with Crippen molar-refractivity contribution in [2.45, 2.75) is 0 Å². The highest BCUT2D eigenvalue weighted by Crippen LogP contribution is 2.43. The topological polar surface area (TPSA) is 165 Å². The van der Waals surface area contributed by atoms with Gasteiger partial charge in [-0.15, -0.1) is 22.7 Å². The summed E-state index contributed by atoms with van der Waals surface area (Å²) in [6, 6.07) is 40.3. The summed E-state index contributed by atoms with van der Waals surface area (Å²) in [4.78, 5) is 44.4. The Labute approximate surface area is 367 Å². The van der Waals surface area contributed by atoms with Gasteiger partial charge in [0.1, 0.15) is 17.2 Å². The van der Waals surface area contributed by atoms with E-state index in [9.17, 15) is 29.7 Å². The first-order valence-corrected chi connectivity index (χ1v) is 21.2. The van der Waals surface area contributed by atoms with Gasteiger partial charge in [0.05, 0.1) is 22.8 Å². The van der Waals surface area contributed by atoms with Gasteiger partial charge in [0.15, 0.2) is 19.8 Å². The Kier molecular flexibility index (Phi) is 11.3. The fraction of sp³-hybridized carbons (Fsp3) is 0.0600. The van der Waals surface area contributed by atoms with E-state index < -0.39 is 37.7 Å². The summed E-state index contributed by atoms with van der Waals surface area (Å²) < 4.78 is 20.2. The summed E-state index contributed by atoms with van der Waals surface area (Å²) in [5.74, 6) is -1.95. The lowest BCUT2D eigenvalue weighted by Gasteiger charge is -2.08. The molecule has 310 valence electrons. The average Bonchev–Trinajstić information content (AvgIpc) is 4.14. The maximum Gasteiger partial charge on any atom is 0.341 e. The Morgan fingerprint density at radius 3 is 0.921 bits per heavy atom. The number of carboxylic acid groups (broad SMARTS) is 3. The van der Waals surface area contributed by atoms with Crippen LogP contribution >= 0.6 is 22.7 Å². The molecule has 7 aromatic rings. The number of ether oxygens (including phenoxy) is 3. The minimum absolute atomic E-state index is 0.411. The van der Waals surface area contributed by atoms with Crippen molar-refractivity contribution in [2.75, 3.05) is 19.8 Å². The molecule has 0 radical (unpaired) electrons. The summed E-state index contributed by atoms with van der Waals surface area (Å²) in [5.41, 5.74) is 9.98. The lowest BCUT2D eigenvalue weighted by Crippen LogP contribution is -2.09. The van der Waals surface area contributed by atoms with Gasteiger partial charge in [-0.3, -0.25) is 0 Å². The zero-order valence-electron chi connectivity index (χ0n) is 33.1. The number of nitrogens with zero attached hydrogens (tertiary/aromatic N) is 2. The number of benzene rings is 4. The predicted octanol–water partition coefficient (Wildman–Crippen LogP) is 11.2. The third-order valence-electron chi connectivity index (χ3n) is 10.1. The van der Waals surface area contributed by atoms with E-state index in [1.54, 1.807) is 59.1 Å². The van der Waals surface area contributed by atoms with Crippen LogP contribution < -0.4 is 14.2 Å². The Morgan fingerprint density at radius 2 is 0.651 bits per heavy atom. The molecular formula is C50H34N2O9S2. The van der Waals surface area contributed by atoms with E-state index >= 15 is 0 Å². The second-order valence-corrected chi connectivity index (χ2v) is 16.4. The lowest BCUT2D eigenvalue weighted by atomic mass is 10.0. The second kappa shape index (κ2) is 17.6. The predicted molar refractivity (Wildman–Crippen MR) is 247 cm³/mol. The monoisotopic (exact) mass is 870 g/mol. The minimum Gasteiger partial charge on any atom is -0.482 e. The van der Waals surface area contributed by atoms with Crippen molar-refractivity contribution in [3.05, 3.63) is 150 Å². The van der Waals surface area contributed by atoms with Crippen LogP contribution in [0.25, 0.3) is 87.6 Å². The van der Waals surface area contributed by atoms with Crippen LogP contribution in [0, 0.1) is 0 Å². The number of hydrogen-bond donors (Lipinski definition) is 3. The first-order valence-electron chi connectivity index (χ1n) is 19.6. The van der Waals surface area contributed by atoms with Crippen molar-refractivity contribution in [2.24, 2.45) is 0 Å². The van der Waals surface area contributed by atoms with Crippen molar-refractivity contribution < 1.29 is 43.9 Å². The van der Waals surface area contributed by atoms with E-state index in [1.165, 1.54) is 0 Å². The molecule has 0 spiro atoms. The second-order valence-electron chi connectivity index (χ2n) is 14.2. The quantitative estimate of drug-likeness (QED) is 0.101. The van der Waals surface area contributed by atoms with Crippen LogP contribution in [0.4, 0.5) is 0 Å². The Hall–Kier alpha value is -7.87. The SMILES string of the molecule is O=C(O)COc1ccc(-c2c3nc(c(-c4ccc(OCC(=O)O)cc4)c4ccc(s4)c(-c4ccc(OCC(=O)O)cc4)c4nc(c(-c5ccccc5)c5ccc2s5)C=C4)C=C3)cc1. The highest BCUT2D eigenvalue weighted by Gasteiger charge is 2.20. The van der Waals surface area contributed by atoms with Gasteiger partial charge in [-0.2, -0.15) is 0 Å². The molecule has 63 heavy (non-hydrogen) atoms. The van der Waals surface area contributed by atoms with Crippen molar-refractivity contribution in [3.8, 4) is 61.8 Å². The number of hydrogen-bond acceptors (Lipinski definition) is 10. The molecule has 2 aliphatic heterocycles. The van der Waals surface area contributed by atoms with Crippen LogP contribution in [-0.2, 0) is 14.4 Å². The molecule has 4 aromatic carbocycles. The number of carboxylic acids is 3. The van der Waals surface area contributed by atoms with Crippen LogP contribution in [0.2, 0.25) is 0 Å². The van der Waals surface area contributed by atoms with Crippen molar-refractivity contribution in [3.63, 3.8) is 0 Å². The van der Waals surface area contributed by atoms with Gasteiger partial charge in [-0.1, -0.05) is 66.7 Å². The molecule has 9 rings (SSSR count). The molecular weight excluding hydrogens is 837 g/mol. The number of fused-ring (bicyclic) bond motifs is 8. The first kappa shape index (κ1) is 40.5. The molecule has 3 aromatic heterocycles. The number of aliphatic carboxylic acids is 3. The third kappa shape index (κ3) is 8.82. The maximum atomic E-state index is 11.3. The molecule has 0 saturated heterocycles. The van der Waals surface area contributed by atoms with Crippen LogP contribution in [0.15, 0.2) is 127 Å². The summed E-state index contributed by atoms with van der Waals surface area (Å²) in [6.07, 6.45) is 8.03. The summed E-state index contributed by atoms with van der Waals surface area (Å²) in [7, 11) is 0. The van der Waals surface area contributed by atoms with E-state index in [0.29, 0.717) is 28.6 Å². The normalized spacial score (nSPS) is 11.6. The van der Waals surface area contributed by atoms with E-state index in [4.69, 9.17) is 24.2 Å². The van der Waals surface area contributed by atoms with Gasteiger partial charge >= 0.3 is 17.9 Å². The van der Waals surface area contributed by atoms with Crippen molar-refractivity contribution >= 4 is 83.7 Å². The number of carbonyl (C=O) groups is 3. The van der Waals surface area contributed by atoms with Gasteiger partial charge in [0, 0.05) is 41.1 Å². The number of aromatic nitrogens is 2. The van der Waals surface area contributed by atoms with Gasteiger partial charge in [0.2, 0.25) is 0 Å². The Bertz CT molecular complexity index is 3080. The molecule has 5 heterocycles. The molecule has 0 unspecified atom stereocenters. The summed E-state index contributed by atoms with van der Waals surface area (Å²) in [5, 5.41) is 27.6. The van der Waals surface area contributed by atoms with Crippen LogP contribution in [0.3, 0.4) is 0 Å². The summed E-state index contributed by atoms with van der Waals surface area (Å²) in [6.45, 7) is -1.39. The Balaban J connectivity index is 1.35. The molecule has 0 fully saturated rings. The highest BCUT2D eigenvalue weighted by atomic mass is 32.1. The molecule has 13 heteroatoms. The largest absolute Gasteiger partial charge is 0.482 e. The van der Waals surface area contributed by atoms with Crippen molar-refractivity contribution in [1.82, 2.24) is 9.97 Å². The minimum atomic E-state index is -1.08. The van der Waals surface area contributed by atoms with Gasteiger partial charge in [-0.25, -0.2) is 24.4 Å². The van der Waals surface area contributed by atoms with Crippen LogP contribution in [0.5, 0.6) is 17.2 Å². The molecule has 0 amide bonds.